The third-order valence-corrected chi connectivity index (χ3v) is 2.53. The van der Waals surface area contributed by atoms with Gasteiger partial charge in [0.2, 0.25) is 0 Å². The quantitative estimate of drug-likeness (QED) is 0.849. The van der Waals surface area contributed by atoms with E-state index in [2.05, 4.69) is 6.07 Å². The van der Waals surface area contributed by atoms with Crippen molar-refractivity contribution in [2.75, 3.05) is 19.8 Å². The van der Waals surface area contributed by atoms with E-state index in [0.29, 0.717) is 18.7 Å². The van der Waals surface area contributed by atoms with E-state index < -0.39 is 6.09 Å². The molecule has 5 nitrogen and oxygen atoms in total. The summed E-state index contributed by atoms with van der Waals surface area (Å²) in [4.78, 5) is 13.3. The van der Waals surface area contributed by atoms with E-state index in [1.54, 1.807) is 17.0 Å². The summed E-state index contributed by atoms with van der Waals surface area (Å²) in [6.45, 7) is 2.83. The highest BCUT2D eigenvalue weighted by molar-refractivity contribution is 5.67. The van der Waals surface area contributed by atoms with E-state index in [1.165, 1.54) is 0 Å². The van der Waals surface area contributed by atoms with Crippen molar-refractivity contribution < 1.29 is 14.6 Å². The van der Waals surface area contributed by atoms with Crippen LogP contribution in [0.3, 0.4) is 0 Å². The first kappa shape index (κ1) is 15.0. The molecule has 0 saturated carbocycles. The second-order valence-corrected chi connectivity index (χ2v) is 4.07. The number of hydrogen-bond acceptors (Lipinski definition) is 4. The molecule has 0 heterocycles. The average Bonchev–Trinajstić information content (AvgIpc) is 2.45. The molecule has 0 aliphatic carbocycles. The molecule has 0 aliphatic rings. The maximum absolute atomic E-state index is 11.8. The van der Waals surface area contributed by atoms with Crippen LogP contribution in [0.2, 0.25) is 0 Å². The molecule has 1 aromatic rings. The van der Waals surface area contributed by atoms with Crippen LogP contribution in [0.15, 0.2) is 24.3 Å². The number of amides is 1. The molecule has 5 heteroatoms. The molecule has 0 unspecified atom stereocenters. The van der Waals surface area contributed by atoms with Gasteiger partial charge in [-0.15, -0.1) is 0 Å². The van der Waals surface area contributed by atoms with Crippen LogP contribution in [-0.2, 0) is 11.3 Å². The summed E-state index contributed by atoms with van der Waals surface area (Å²) >= 11 is 0. The molecule has 1 N–H and O–H groups in total. The van der Waals surface area contributed by atoms with Crippen molar-refractivity contribution in [3.63, 3.8) is 0 Å². The number of hydrogen-bond donors (Lipinski definition) is 1. The number of benzene rings is 1. The largest absolute Gasteiger partial charge is 0.447 e. The van der Waals surface area contributed by atoms with Gasteiger partial charge in [0.05, 0.1) is 18.2 Å². The Morgan fingerprint density at radius 3 is 2.63 bits per heavy atom. The van der Waals surface area contributed by atoms with E-state index in [9.17, 15) is 4.79 Å². The Morgan fingerprint density at radius 2 is 2.11 bits per heavy atom. The van der Waals surface area contributed by atoms with Crippen molar-refractivity contribution in [2.24, 2.45) is 0 Å². The van der Waals surface area contributed by atoms with Crippen LogP contribution < -0.4 is 0 Å². The molecule has 0 saturated heterocycles. The zero-order valence-electron chi connectivity index (χ0n) is 11.0. The minimum absolute atomic E-state index is 0.00637. The van der Waals surface area contributed by atoms with Crippen LogP contribution in [0.4, 0.5) is 4.79 Å². The molecular weight excluding hydrogens is 244 g/mol. The van der Waals surface area contributed by atoms with Crippen molar-refractivity contribution in [3.8, 4) is 6.07 Å². The average molecular weight is 262 g/mol. The number of carbonyl (C=O) groups is 1. The number of carbonyl (C=O) groups excluding carboxylic acids is 1. The predicted octanol–water partition coefficient (Wildman–Crippen LogP) is 1.90. The van der Waals surface area contributed by atoms with Gasteiger partial charge in [0.25, 0.3) is 0 Å². The number of aliphatic hydroxyl groups excluding tert-OH is 1. The fourth-order valence-electron chi connectivity index (χ4n) is 1.63. The van der Waals surface area contributed by atoms with E-state index in [0.717, 1.165) is 12.0 Å². The smallest absolute Gasteiger partial charge is 0.410 e. The van der Waals surface area contributed by atoms with Gasteiger partial charge in [0.15, 0.2) is 0 Å². The maximum Gasteiger partial charge on any atom is 0.410 e. The summed E-state index contributed by atoms with van der Waals surface area (Å²) < 4.78 is 4.91. The fraction of sp³-hybridized carbons (Fsp3) is 0.429. The highest BCUT2D eigenvalue weighted by atomic mass is 16.6. The second kappa shape index (κ2) is 8.11. The monoisotopic (exact) mass is 262 g/mol. The molecule has 102 valence electrons. The minimum Gasteiger partial charge on any atom is -0.447 e. The zero-order valence-corrected chi connectivity index (χ0v) is 11.0. The SMILES string of the molecule is CCCN(Cc1ccc(C#N)cc1)C(=O)OCCO. The van der Waals surface area contributed by atoms with Gasteiger partial charge in [-0.05, 0) is 24.1 Å². The molecular formula is C14H18N2O3. The van der Waals surface area contributed by atoms with Gasteiger partial charge in [-0.25, -0.2) is 4.79 Å². The Kier molecular flexibility index (Phi) is 6.41. The van der Waals surface area contributed by atoms with Gasteiger partial charge in [0, 0.05) is 13.1 Å². The molecule has 1 rings (SSSR count). The Labute approximate surface area is 113 Å². The van der Waals surface area contributed by atoms with E-state index in [4.69, 9.17) is 15.1 Å². The van der Waals surface area contributed by atoms with Crippen LogP contribution in [0.5, 0.6) is 0 Å². The lowest BCUT2D eigenvalue weighted by Gasteiger charge is -2.21. The van der Waals surface area contributed by atoms with E-state index in [1.807, 2.05) is 19.1 Å². The molecule has 0 aromatic heterocycles. The summed E-state index contributed by atoms with van der Waals surface area (Å²) in [5.41, 5.74) is 1.53. The Morgan fingerprint density at radius 1 is 1.42 bits per heavy atom. The van der Waals surface area contributed by atoms with Crippen LogP contribution >= 0.6 is 0 Å². The van der Waals surface area contributed by atoms with Crippen molar-refractivity contribution in [1.29, 1.82) is 5.26 Å². The summed E-state index contributed by atoms with van der Waals surface area (Å²) in [7, 11) is 0. The Hall–Kier alpha value is -2.06. The second-order valence-electron chi connectivity index (χ2n) is 4.07. The lowest BCUT2D eigenvalue weighted by Crippen LogP contribution is -2.32. The third kappa shape index (κ3) is 4.98. The molecule has 0 bridgehead atoms. The van der Waals surface area contributed by atoms with Crippen LogP contribution in [0.25, 0.3) is 0 Å². The first-order valence-electron chi connectivity index (χ1n) is 6.22. The van der Waals surface area contributed by atoms with Gasteiger partial charge >= 0.3 is 6.09 Å². The molecule has 0 atom stereocenters. The first-order valence-corrected chi connectivity index (χ1v) is 6.22. The molecule has 1 aromatic carbocycles. The lowest BCUT2D eigenvalue weighted by molar-refractivity contribution is 0.0820. The van der Waals surface area contributed by atoms with Crippen LogP contribution in [-0.4, -0.2) is 35.9 Å². The third-order valence-electron chi connectivity index (χ3n) is 2.53. The van der Waals surface area contributed by atoms with Gasteiger partial charge < -0.3 is 14.7 Å². The number of rotatable bonds is 6. The molecule has 1 amide bonds. The van der Waals surface area contributed by atoms with Crippen molar-refractivity contribution in [2.45, 2.75) is 19.9 Å². The van der Waals surface area contributed by atoms with Gasteiger partial charge in [0.1, 0.15) is 6.61 Å². The molecule has 0 aliphatic heterocycles. The Bertz CT molecular complexity index is 437. The highest BCUT2D eigenvalue weighted by Gasteiger charge is 2.14. The molecule has 19 heavy (non-hydrogen) atoms. The number of nitrogens with zero attached hydrogens (tertiary/aromatic N) is 2. The predicted molar refractivity (Wildman–Crippen MR) is 70.3 cm³/mol. The topological polar surface area (TPSA) is 73.6 Å². The van der Waals surface area contributed by atoms with Crippen molar-refractivity contribution in [3.05, 3.63) is 35.4 Å². The fourth-order valence-corrected chi connectivity index (χ4v) is 1.63. The number of ether oxygens (including phenoxy) is 1. The Balaban J connectivity index is 2.66. The molecule has 0 radical (unpaired) electrons. The van der Waals surface area contributed by atoms with E-state index in [-0.39, 0.29) is 13.2 Å². The number of nitriles is 1. The lowest BCUT2D eigenvalue weighted by atomic mass is 10.1. The minimum atomic E-state index is -0.430. The maximum atomic E-state index is 11.8. The van der Waals surface area contributed by atoms with Crippen molar-refractivity contribution >= 4 is 6.09 Å². The van der Waals surface area contributed by atoms with E-state index >= 15 is 0 Å². The highest BCUT2D eigenvalue weighted by Crippen LogP contribution is 2.09. The standard InChI is InChI=1S/C14H18N2O3/c1-2-7-16(14(18)19-9-8-17)11-13-5-3-12(10-15)4-6-13/h3-6,17H,2,7-9,11H2,1H3. The normalized spacial score (nSPS) is 9.74. The van der Waals surface area contributed by atoms with Gasteiger partial charge in [-0.2, -0.15) is 5.26 Å². The first-order chi connectivity index (χ1) is 9.21. The summed E-state index contributed by atoms with van der Waals surface area (Å²) in [5.74, 6) is 0. The van der Waals surface area contributed by atoms with Gasteiger partial charge in [-0.3, -0.25) is 0 Å². The van der Waals surface area contributed by atoms with Gasteiger partial charge in [-0.1, -0.05) is 19.1 Å². The number of aliphatic hydroxyl groups is 1. The zero-order chi connectivity index (χ0) is 14.1. The molecule has 0 fully saturated rings. The summed E-state index contributed by atoms with van der Waals surface area (Å²) in [6.07, 6.45) is 0.394. The molecule has 0 spiro atoms. The van der Waals surface area contributed by atoms with Crippen LogP contribution in [0.1, 0.15) is 24.5 Å². The van der Waals surface area contributed by atoms with Crippen molar-refractivity contribution in [1.82, 2.24) is 4.90 Å². The van der Waals surface area contributed by atoms with Crippen LogP contribution in [0, 0.1) is 11.3 Å². The summed E-state index contributed by atoms with van der Waals surface area (Å²) in [6, 6.07) is 9.13. The summed E-state index contributed by atoms with van der Waals surface area (Å²) in [5, 5.41) is 17.4.